The Bertz CT molecular complexity index is 283. The van der Waals surface area contributed by atoms with Gasteiger partial charge >= 0.3 is 0 Å². The zero-order valence-electron chi connectivity index (χ0n) is 9.89. The van der Waals surface area contributed by atoms with Gasteiger partial charge in [-0.3, -0.25) is 0 Å². The van der Waals surface area contributed by atoms with Gasteiger partial charge in [-0.05, 0) is 37.9 Å². The summed E-state index contributed by atoms with van der Waals surface area (Å²) in [5, 5.41) is 3.31. The van der Waals surface area contributed by atoms with E-state index in [1.54, 1.807) is 0 Å². The van der Waals surface area contributed by atoms with E-state index in [2.05, 4.69) is 57.3 Å². The highest BCUT2D eigenvalue weighted by molar-refractivity contribution is 5.28. The summed E-state index contributed by atoms with van der Waals surface area (Å²) in [6.07, 6.45) is 0. The van der Waals surface area contributed by atoms with E-state index in [9.17, 15) is 0 Å². The first-order valence-corrected chi connectivity index (χ1v) is 5.26. The minimum absolute atomic E-state index is 0.0650. The van der Waals surface area contributed by atoms with Crippen molar-refractivity contribution in [1.82, 2.24) is 5.32 Å². The topological polar surface area (TPSA) is 12.0 Å². The summed E-state index contributed by atoms with van der Waals surface area (Å²) in [4.78, 5) is 0. The third-order valence-electron chi connectivity index (χ3n) is 2.92. The van der Waals surface area contributed by atoms with Gasteiger partial charge in [0.15, 0.2) is 0 Å². The molecule has 0 unspecified atom stereocenters. The van der Waals surface area contributed by atoms with Crippen molar-refractivity contribution in [3.63, 3.8) is 0 Å². The largest absolute Gasteiger partial charge is 0.311 e. The highest BCUT2D eigenvalue weighted by Crippen LogP contribution is 2.22. The molecule has 0 saturated heterocycles. The predicted octanol–water partition coefficient (Wildman–Crippen LogP) is 3.26. The van der Waals surface area contributed by atoms with Crippen LogP contribution >= 0.6 is 0 Å². The van der Waals surface area contributed by atoms with Crippen molar-refractivity contribution in [3.05, 3.63) is 35.4 Å². The second kappa shape index (κ2) is 4.14. The Morgan fingerprint density at radius 2 is 1.57 bits per heavy atom. The number of rotatable bonds is 3. The molecule has 0 heterocycles. The fraction of sp³-hybridized carbons (Fsp3) is 0.538. The molecular weight excluding hydrogens is 170 g/mol. The molecule has 0 fully saturated rings. The van der Waals surface area contributed by atoms with Gasteiger partial charge in [0.25, 0.3) is 0 Å². The highest BCUT2D eigenvalue weighted by Gasteiger charge is 2.16. The van der Waals surface area contributed by atoms with Gasteiger partial charge in [0.05, 0.1) is 0 Å². The molecule has 0 bridgehead atoms. The van der Waals surface area contributed by atoms with Crippen molar-refractivity contribution in [2.45, 2.75) is 39.2 Å². The molecule has 1 aromatic rings. The third kappa shape index (κ3) is 2.36. The van der Waals surface area contributed by atoms with Gasteiger partial charge in [-0.15, -0.1) is 0 Å². The Hall–Kier alpha value is -0.820. The molecule has 0 atom stereocenters. The smallest absolute Gasteiger partial charge is 0.0374 e. The summed E-state index contributed by atoms with van der Waals surface area (Å²) < 4.78 is 0. The molecule has 0 saturated carbocycles. The van der Waals surface area contributed by atoms with E-state index in [-0.39, 0.29) is 5.54 Å². The van der Waals surface area contributed by atoms with E-state index in [4.69, 9.17) is 0 Å². The van der Waals surface area contributed by atoms with Gasteiger partial charge < -0.3 is 5.32 Å². The molecule has 1 rings (SSSR count). The van der Waals surface area contributed by atoms with Crippen molar-refractivity contribution in [2.75, 3.05) is 7.05 Å². The van der Waals surface area contributed by atoms with Gasteiger partial charge in [0.2, 0.25) is 0 Å². The number of hydrogen-bond acceptors (Lipinski definition) is 1. The van der Waals surface area contributed by atoms with Gasteiger partial charge in [0, 0.05) is 5.54 Å². The molecule has 1 nitrogen and oxygen atoms in total. The van der Waals surface area contributed by atoms with Crippen molar-refractivity contribution >= 4 is 0 Å². The monoisotopic (exact) mass is 191 g/mol. The van der Waals surface area contributed by atoms with Gasteiger partial charge in [-0.1, -0.05) is 38.1 Å². The van der Waals surface area contributed by atoms with Crippen molar-refractivity contribution < 1.29 is 0 Å². The summed E-state index contributed by atoms with van der Waals surface area (Å²) >= 11 is 0. The molecular formula is C13H21N. The maximum Gasteiger partial charge on any atom is 0.0374 e. The average molecular weight is 191 g/mol. The van der Waals surface area contributed by atoms with Crippen LogP contribution in [0.4, 0.5) is 0 Å². The average Bonchev–Trinajstić information content (AvgIpc) is 2.18. The molecule has 0 spiro atoms. The molecule has 0 aromatic heterocycles. The van der Waals surface area contributed by atoms with Crippen LogP contribution in [0.15, 0.2) is 24.3 Å². The SMILES string of the molecule is CNC(C)(C)c1ccc(C(C)C)cc1. The van der Waals surface area contributed by atoms with Crippen LogP contribution in [0.5, 0.6) is 0 Å². The second-order valence-electron chi connectivity index (χ2n) is 4.65. The van der Waals surface area contributed by atoms with Crippen LogP contribution in [0.3, 0.4) is 0 Å². The number of hydrogen-bond donors (Lipinski definition) is 1. The zero-order valence-corrected chi connectivity index (χ0v) is 9.89. The first-order chi connectivity index (χ1) is 6.47. The maximum absolute atomic E-state index is 3.31. The predicted molar refractivity (Wildman–Crippen MR) is 62.6 cm³/mol. The molecule has 0 amide bonds. The second-order valence-corrected chi connectivity index (χ2v) is 4.65. The lowest BCUT2D eigenvalue weighted by Gasteiger charge is -2.25. The Kier molecular flexibility index (Phi) is 3.33. The first kappa shape index (κ1) is 11.3. The van der Waals surface area contributed by atoms with Crippen LogP contribution in [0, 0.1) is 0 Å². The Morgan fingerprint density at radius 1 is 1.07 bits per heavy atom. The van der Waals surface area contributed by atoms with Crippen molar-refractivity contribution in [2.24, 2.45) is 0 Å². The van der Waals surface area contributed by atoms with Crippen LogP contribution < -0.4 is 5.32 Å². The van der Waals surface area contributed by atoms with Crippen LogP contribution in [-0.2, 0) is 5.54 Å². The molecule has 0 aliphatic heterocycles. The lowest BCUT2D eigenvalue weighted by Crippen LogP contribution is -2.32. The van der Waals surface area contributed by atoms with E-state index in [1.165, 1.54) is 11.1 Å². The molecule has 0 aliphatic rings. The van der Waals surface area contributed by atoms with Crippen LogP contribution in [-0.4, -0.2) is 7.05 Å². The maximum atomic E-state index is 3.31. The fourth-order valence-corrected chi connectivity index (χ4v) is 1.43. The summed E-state index contributed by atoms with van der Waals surface area (Å²) in [6.45, 7) is 8.82. The lowest BCUT2D eigenvalue weighted by molar-refractivity contribution is 0.444. The van der Waals surface area contributed by atoms with Gasteiger partial charge in [-0.25, -0.2) is 0 Å². The third-order valence-corrected chi connectivity index (χ3v) is 2.92. The minimum Gasteiger partial charge on any atom is -0.311 e. The number of nitrogens with one attached hydrogen (secondary N) is 1. The van der Waals surface area contributed by atoms with E-state index in [0.717, 1.165) is 0 Å². The van der Waals surface area contributed by atoms with Crippen LogP contribution in [0.1, 0.15) is 44.7 Å². The summed E-state index contributed by atoms with van der Waals surface area (Å²) in [6, 6.07) is 8.87. The summed E-state index contributed by atoms with van der Waals surface area (Å²) in [5.41, 5.74) is 2.81. The van der Waals surface area contributed by atoms with Crippen LogP contribution in [0.25, 0.3) is 0 Å². The summed E-state index contributed by atoms with van der Waals surface area (Å²) in [5.74, 6) is 0.613. The Morgan fingerprint density at radius 3 is 1.93 bits per heavy atom. The van der Waals surface area contributed by atoms with Gasteiger partial charge in [0.1, 0.15) is 0 Å². The molecule has 78 valence electrons. The molecule has 1 N–H and O–H groups in total. The van der Waals surface area contributed by atoms with Crippen LogP contribution in [0.2, 0.25) is 0 Å². The van der Waals surface area contributed by atoms with E-state index < -0.39 is 0 Å². The standard InChI is InChI=1S/C13H21N/c1-10(2)11-6-8-12(9-7-11)13(3,4)14-5/h6-10,14H,1-5H3. The normalized spacial score (nSPS) is 12.1. The van der Waals surface area contributed by atoms with E-state index in [0.29, 0.717) is 5.92 Å². The molecule has 0 aliphatic carbocycles. The number of benzene rings is 1. The molecule has 1 aromatic carbocycles. The molecule has 14 heavy (non-hydrogen) atoms. The summed E-state index contributed by atoms with van der Waals surface area (Å²) in [7, 11) is 2.00. The van der Waals surface area contributed by atoms with Crippen molar-refractivity contribution in [3.8, 4) is 0 Å². The Labute approximate surface area is 87.5 Å². The van der Waals surface area contributed by atoms with Gasteiger partial charge in [-0.2, -0.15) is 0 Å². The van der Waals surface area contributed by atoms with Crippen molar-refractivity contribution in [1.29, 1.82) is 0 Å². The van der Waals surface area contributed by atoms with E-state index >= 15 is 0 Å². The Balaban J connectivity index is 2.94. The minimum atomic E-state index is 0.0650. The first-order valence-electron chi connectivity index (χ1n) is 5.26. The lowest BCUT2D eigenvalue weighted by atomic mass is 9.92. The van der Waals surface area contributed by atoms with E-state index in [1.807, 2.05) is 7.05 Å². The highest BCUT2D eigenvalue weighted by atomic mass is 14.9. The zero-order chi connectivity index (χ0) is 10.8. The quantitative estimate of drug-likeness (QED) is 0.773. The molecule has 0 radical (unpaired) electrons. The fourth-order valence-electron chi connectivity index (χ4n) is 1.43. The molecule has 1 heteroatoms.